The van der Waals surface area contributed by atoms with Crippen molar-refractivity contribution >= 4 is 0 Å². The third-order valence-corrected chi connectivity index (χ3v) is 5.05. The fourth-order valence-corrected chi connectivity index (χ4v) is 3.60. The Bertz CT molecular complexity index is 639. The average Bonchev–Trinajstić information content (AvgIpc) is 3.13. The summed E-state index contributed by atoms with van der Waals surface area (Å²) in [5.41, 5.74) is 1.20. The van der Waals surface area contributed by atoms with Gasteiger partial charge in [0.25, 0.3) is 0 Å². The summed E-state index contributed by atoms with van der Waals surface area (Å²) in [5.74, 6) is 1.73. The second kappa shape index (κ2) is 6.37. The van der Waals surface area contributed by atoms with Crippen LogP contribution in [0.15, 0.2) is 30.3 Å². The first-order chi connectivity index (χ1) is 11.3. The second-order valence-corrected chi connectivity index (χ2v) is 6.75. The summed E-state index contributed by atoms with van der Waals surface area (Å²) in [6, 6.07) is 10.8. The van der Waals surface area contributed by atoms with Crippen molar-refractivity contribution in [2.75, 3.05) is 13.2 Å². The van der Waals surface area contributed by atoms with E-state index in [2.05, 4.69) is 32.6 Å². The summed E-state index contributed by atoms with van der Waals surface area (Å²) in [4.78, 5) is 2.44. The summed E-state index contributed by atoms with van der Waals surface area (Å²) >= 11 is 0. The fourth-order valence-electron chi connectivity index (χ4n) is 3.60. The van der Waals surface area contributed by atoms with Gasteiger partial charge >= 0.3 is 0 Å². The Balaban J connectivity index is 1.56. The van der Waals surface area contributed by atoms with E-state index < -0.39 is 0 Å². The monoisotopic (exact) mass is 313 g/mol. The lowest BCUT2D eigenvalue weighted by atomic mass is 10.2. The van der Waals surface area contributed by atoms with Crippen LogP contribution >= 0.6 is 0 Å². The van der Waals surface area contributed by atoms with Gasteiger partial charge in [-0.05, 0) is 47.6 Å². The molecule has 23 heavy (non-hydrogen) atoms. The lowest BCUT2D eigenvalue weighted by molar-refractivity contribution is 0.119. The van der Waals surface area contributed by atoms with Crippen LogP contribution in [0.1, 0.15) is 43.1 Å². The Kier molecular flexibility index (Phi) is 4.10. The number of aliphatic hydroxyl groups is 1. The summed E-state index contributed by atoms with van der Waals surface area (Å²) < 4.78 is 1.92. The zero-order valence-electron chi connectivity index (χ0n) is 13.3. The van der Waals surface area contributed by atoms with Crippen molar-refractivity contribution in [3.8, 4) is 0 Å². The number of hydrogen-bond acceptors (Lipinski definition) is 5. The van der Waals surface area contributed by atoms with Crippen LogP contribution in [0.3, 0.4) is 0 Å². The molecule has 1 aliphatic carbocycles. The van der Waals surface area contributed by atoms with Crippen molar-refractivity contribution in [2.45, 2.75) is 44.3 Å². The summed E-state index contributed by atoms with van der Waals surface area (Å²) in [7, 11) is 0. The van der Waals surface area contributed by atoms with E-state index in [1.807, 2.05) is 22.9 Å². The van der Waals surface area contributed by atoms with Crippen molar-refractivity contribution in [2.24, 2.45) is 5.92 Å². The van der Waals surface area contributed by atoms with Crippen LogP contribution in [-0.2, 0) is 6.54 Å². The molecule has 2 heterocycles. The van der Waals surface area contributed by atoms with Crippen LogP contribution in [0.2, 0.25) is 0 Å². The topological polar surface area (TPSA) is 67.1 Å². The summed E-state index contributed by atoms with van der Waals surface area (Å²) in [5, 5.41) is 22.1. The highest BCUT2D eigenvalue weighted by Crippen LogP contribution is 2.39. The van der Waals surface area contributed by atoms with E-state index in [0.717, 1.165) is 31.1 Å². The minimum Gasteiger partial charge on any atom is -0.395 e. The molecular weight excluding hydrogens is 290 g/mol. The lowest BCUT2D eigenvalue weighted by Crippen LogP contribution is -2.36. The predicted molar refractivity (Wildman–Crippen MR) is 85.6 cm³/mol. The molecular formula is C17H23N5O. The van der Waals surface area contributed by atoms with Crippen molar-refractivity contribution < 1.29 is 5.11 Å². The smallest absolute Gasteiger partial charge is 0.168 e. The van der Waals surface area contributed by atoms with Gasteiger partial charge in [-0.25, -0.2) is 4.68 Å². The van der Waals surface area contributed by atoms with Crippen LogP contribution in [0.5, 0.6) is 0 Å². The number of nitrogens with zero attached hydrogens (tertiary/aromatic N) is 5. The van der Waals surface area contributed by atoms with E-state index >= 15 is 0 Å². The molecule has 122 valence electrons. The van der Waals surface area contributed by atoms with E-state index in [9.17, 15) is 5.11 Å². The van der Waals surface area contributed by atoms with Gasteiger partial charge in [0.1, 0.15) is 0 Å². The van der Waals surface area contributed by atoms with Crippen molar-refractivity contribution in [3.63, 3.8) is 0 Å². The molecule has 4 rings (SSSR count). The number of aromatic nitrogens is 4. The Morgan fingerprint density at radius 1 is 1.09 bits per heavy atom. The maximum Gasteiger partial charge on any atom is 0.168 e. The number of aliphatic hydroxyl groups excluding tert-OH is 1. The highest BCUT2D eigenvalue weighted by molar-refractivity contribution is 5.15. The van der Waals surface area contributed by atoms with E-state index in [1.54, 1.807) is 0 Å². The largest absolute Gasteiger partial charge is 0.395 e. The van der Waals surface area contributed by atoms with Crippen molar-refractivity contribution in [3.05, 3.63) is 41.7 Å². The van der Waals surface area contributed by atoms with E-state index in [4.69, 9.17) is 0 Å². The Hall–Kier alpha value is -1.79. The number of hydrogen-bond donors (Lipinski definition) is 1. The zero-order valence-corrected chi connectivity index (χ0v) is 13.3. The van der Waals surface area contributed by atoms with Crippen molar-refractivity contribution in [1.29, 1.82) is 0 Å². The third kappa shape index (κ3) is 3.14. The van der Waals surface area contributed by atoms with Gasteiger partial charge in [-0.3, -0.25) is 4.90 Å². The number of benzene rings is 1. The minimum absolute atomic E-state index is 0.226. The predicted octanol–water partition coefficient (Wildman–Crippen LogP) is 1.63. The molecule has 2 aromatic rings. The first-order valence-corrected chi connectivity index (χ1v) is 8.51. The van der Waals surface area contributed by atoms with Crippen LogP contribution in [0, 0.1) is 5.92 Å². The van der Waals surface area contributed by atoms with Crippen LogP contribution < -0.4 is 0 Å². The standard InChI is InChI=1S/C17H23N5O/c23-12-15-8-9-16(21(15)10-14-6-7-14)17-18-19-20-22(17)11-13-4-2-1-3-5-13/h1-5,14-16,23H,6-12H2/t15-,16+/m0/s1. The van der Waals surface area contributed by atoms with Gasteiger partial charge in [0, 0.05) is 12.6 Å². The van der Waals surface area contributed by atoms with Gasteiger partial charge in [0.15, 0.2) is 5.82 Å². The Morgan fingerprint density at radius 3 is 2.65 bits per heavy atom. The highest BCUT2D eigenvalue weighted by atomic mass is 16.3. The van der Waals surface area contributed by atoms with Crippen molar-refractivity contribution in [1.82, 2.24) is 25.1 Å². The van der Waals surface area contributed by atoms with Crippen LogP contribution in [-0.4, -0.2) is 49.4 Å². The van der Waals surface area contributed by atoms with Crippen LogP contribution in [0.4, 0.5) is 0 Å². The minimum atomic E-state index is 0.226. The van der Waals surface area contributed by atoms with E-state index in [1.165, 1.54) is 18.4 Å². The molecule has 6 heteroatoms. The first kappa shape index (κ1) is 14.8. The molecule has 2 aliphatic rings. The molecule has 0 spiro atoms. The third-order valence-electron chi connectivity index (χ3n) is 5.05. The molecule has 1 saturated carbocycles. The SMILES string of the molecule is OC[C@@H]1CC[C@H](c2nnnn2Cc2ccccc2)N1CC1CC1. The lowest BCUT2D eigenvalue weighted by Gasteiger charge is -2.28. The van der Waals surface area contributed by atoms with Gasteiger partial charge < -0.3 is 5.11 Å². The maximum absolute atomic E-state index is 9.69. The fraction of sp³-hybridized carbons (Fsp3) is 0.588. The molecule has 1 saturated heterocycles. The zero-order chi connectivity index (χ0) is 15.6. The second-order valence-electron chi connectivity index (χ2n) is 6.75. The molecule has 1 aromatic heterocycles. The maximum atomic E-state index is 9.69. The van der Waals surface area contributed by atoms with Gasteiger partial charge in [0.2, 0.25) is 0 Å². The summed E-state index contributed by atoms with van der Waals surface area (Å²) in [6.07, 6.45) is 4.67. The average molecular weight is 313 g/mol. The molecule has 2 fully saturated rings. The number of likely N-dealkylation sites (tertiary alicyclic amines) is 1. The molecule has 1 aromatic carbocycles. The molecule has 0 amide bonds. The molecule has 1 aliphatic heterocycles. The highest BCUT2D eigenvalue weighted by Gasteiger charge is 2.39. The van der Waals surface area contributed by atoms with Gasteiger partial charge in [-0.15, -0.1) is 5.10 Å². The van der Waals surface area contributed by atoms with E-state index in [-0.39, 0.29) is 18.7 Å². The molecule has 2 atom stereocenters. The first-order valence-electron chi connectivity index (χ1n) is 8.51. The summed E-state index contributed by atoms with van der Waals surface area (Å²) in [6.45, 7) is 1.98. The molecule has 0 radical (unpaired) electrons. The molecule has 1 N–H and O–H groups in total. The van der Waals surface area contributed by atoms with Crippen LogP contribution in [0.25, 0.3) is 0 Å². The Morgan fingerprint density at radius 2 is 1.91 bits per heavy atom. The number of tetrazole rings is 1. The number of rotatable bonds is 6. The molecule has 6 nitrogen and oxygen atoms in total. The Labute approximate surface area is 136 Å². The normalized spacial score (nSPS) is 25.1. The quantitative estimate of drug-likeness (QED) is 0.878. The molecule has 0 unspecified atom stereocenters. The molecule has 0 bridgehead atoms. The van der Waals surface area contributed by atoms with Gasteiger partial charge in [-0.2, -0.15) is 0 Å². The van der Waals surface area contributed by atoms with Gasteiger partial charge in [0.05, 0.1) is 19.2 Å². The van der Waals surface area contributed by atoms with E-state index in [0.29, 0.717) is 6.54 Å². The van der Waals surface area contributed by atoms with Gasteiger partial charge in [-0.1, -0.05) is 30.3 Å².